The second-order valence-electron chi connectivity index (χ2n) is 8.13. The quantitative estimate of drug-likeness (QED) is 0.720. The number of sulfonamides is 1. The van der Waals surface area contributed by atoms with E-state index in [1.54, 1.807) is 19.1 Å². The molecule has 1 aromatic carbocycles. The van der Waals surface area contributed by atoms with Gasteiger partial charge in [-0.3, -0.25) is 4.79 Å². The molecule has 1 amide bonds. The van der Waals surface area contributed by atoms with Crippen LogP contribution < -0.4 is 0 Å². The number of benzene rings is 1. The first-order valence-electron chi connectivity index (χ1n) is 10.7. The summed E-state index contributed by atoms with van der Waals surface area (Å²) in [6.07, 6.45) is 4.30. The van der Waals surface area contributed by atoms with Crippen LogP contribution in [0.1, 0.15) is 65.7 Å². The van der Waals surface area contributed by atoms with Gasteiger partial charge in [-0.15, -0.1) is 0 Å². The number of aryl methyl sites for hydroxylation is 1. The van der Waals surface area contributed by atoms with Crippen LogP contribution in [0.2, 0.25) is 0 Å². The number of rotatable bonds is 4. The van der Waals surface area contributed by atoms with Crippen molar-refractivity contribution in [3.63, 3.8) is 0 Å². The van der Waals surface area contributed by atoms with E-state index >= 15 is 0 Å². The normalized spacial score (nSPS) is 18.6. The van der Waals surface area contributed by atoms with Crippen molar-refractivity contribution in [3.8, 4) is 6.07 Å². The molecule has 0 unspecified atom stereocenters. The number of piperidine rings is 2. The average Bonchev–Trinajstić information content (AvgIpc) is 3.20. The zero-order valence-electron chi connectivity index (χ0n) is 17.6. The largest absolute Gasteiger partial charge is 0.445 e. The zero-order valence-corrected chi connectivity index (χ0v) is 18.4. The van der Waals surface area contributed by atoms with Gasteiger partial charge >= 0.3 is 0 Å². The number of aromatic nitrogens is 1. The molecule has 0 saturated carbocycles. The highest BCUT2D eigenvalue weighted by molar-refractivity contribution is 7.89. The third kappa shape index (κ3) is 4.36. The Labute approximate surface area is 182 Å². The van der Waals surface area contributed by atoms with Crippen LogP contribution in [-0.4, -0.2) is 54.7 Å². The summed E-state index contributed by atoms with van der Waals surface area (Å²) in [6, 6.07) is 8.05. The molecule has 0 N–H and O–H groups in total. The molecule has 2 saturated heterocycles. The van der Waals surface area contributed by atoms with Crippen LogP contribution >= 0.6 is 0 Å². The molecular weight excluding hydrogens is 416 g/mol. The Morgan fingerprint density at radius 3 is 2.55 bits per heavy atom. The average molecular weight is 443 g/mol. The number of likely N-dealkylation sites (tertiary alicyclic amines) is 1. The Bertz CT molecular complexity index is 1100. The van der Waals surface area contributed by atoms with Gasteiger partial charge in [0.05, 0.1) is 16.5 Å². The topological polar surface area (TPSA) is 108 Å². The molecule has 164 valence electrons. The molecule has 8 nitrogen and oxygen atoms in total. The minimum Gasteiger partial charge on any atom is -0.445 e. The molecule has 0 radical (unpaired) electrons. The van der Waals surface area contributed by atoms with Gasteiger partial charge < -0.3 is 9.32 Å². The number of oxazole rings is 1. The predicted molar refractivity (Wildman–Crippen MR) is 113 cm³/mol. The molecule has 31 heavy (non-hydrogen) atoms. The number of hydrogen-bond acceptors (Lipinski definition) is 6. The lowest BCUT2D eigenvalue weighted by Gasteiger charge is -2.29. The van der Waals surface area contributed by atoms with Gasteiger partial charge in [0.15, 0.2) is 11.6 Å². The van der Waals surface area contributed by atoms with Gasteiger partial charge in [0.25, 0.3) is 5.91 Å². The molecule has 0 spiro atoms. The highest BCUT2D eigenvalue weighted by Gasteiger charge is 2.33. The van der Waals surface area contributed by atoms with E-state index in [0.717, 1.165) is 32.4 Å². The van der Waals surface area contributed by atoms with Crippen LogP contribution in [-0.2, 0) is 10.0 Å². The Kier molecular flexibility index (Phi) is 6.12. The fraction of sp³-hybridized carbons (Fsp3) is 0.500. The number of hydrogen-bond donors (Lipinski definition) is 0. The monoisotopic (exact) mass is 442 g/mol. The highest BCUT2D eigenvalue weighted by atomic mass is 32.2. The van der Waals surface area contributed by atoms with Crippen molar-refractivity contribution < 1.29 is 17.6 Å². The summed E-state index contributed by atoms with van der Waals surface area (Å²) in [5.74, 6) is 0.929. The van der Waals surface area contributed by atoms with Gasteiger partial charge in [-0.25, -0.2) is 13.4 Å². The highest BCUT2D eigenvalue weighted by Crippen LogP contribution is 2.32. The Morgan fingerprint density at radius 1 is 1.16 bits per heavy atom. The molecule has 3 heterocycles. The summed E-state index contributed by atoms with van der Waals surface area (Å²) in [6.45, 7) is 3.93. The standard InChI is InChI=1S/C22H26N4O4S/c1-16-20(22(27)25-10-3-2-4-11-25)24-21(30-16)18-8-12-26(13-9-18)31(28,29)19-7-5-6-17(14-19)15-23/h5-7,14,18H,2-4,8-13H2,1H3. The van der Waals surface area contributed by atoms with E-state index < -0.39 is 10.0 Å². The van der Waals surface area contributed by atoms with Gasteiger partial charge in [0.1, 0.15) is 5.76 Å². The maximum absolute atomic E-state index is 12.9. The Balaban J connectivity index is 1.44. The van der Waals surface area contributed by atoms with Gasteiger partial charge in [0.2, 0.25) is 10.0 Å². The lowest BCUT2D eigenvalue weighted by Crippen LogP contribution is -2.38. The van der Waals surface area contributed by atoms with Crippen LogP contribution in [0.25, 0.3) is 0 Å². The summed E-state index contributed by atoms with van der Waals surface area (Å²) < 4.78 is 33.2. The molecular formula is C22H26N4O4S. The van der Waals surface area contributed by atoms with E-state index in [4.69, 9.17) is 9.68 Å². The first-order valence-corrected chi connectivity index (χ1v) is 12.1. The van der Waals surface area contributed by atoms with E-state index in [1.807, 2.05) is 11.0 Å². The maximum Gasteiger partial charge on any atom is 0.276 e. The molecule has 2 aromatic rings. The van der Waals surface area contributed by atoms with Crippen molar-refractivity contribution in [3.05, 3.63) is 47.2 Å². The smallest absolute Gasteiger partial charge is 0.276 e. The van der Waals surface area contributed by atoms with Crippen molar-refractivity contribution >= 4 is 15.9 Å². The third-order valence-electron chi connectivity index (χ3n) is 6.06. The van der Waals surface area contributed by atoms with Gasteiger partial charge in [0, 0.05) is 32.1 Å². The molecule has 2 aliphatic rings. The van der Waals surface area contributed by atoms with Gasteiger partial charge in [-0.1, -0.05) is 6.07 Å². The lowest BCUT2D eigenvalue weighted by atomic mass is 9.98. The second-order valence-corrected chi connectivity index (χ2v) is 10.1. The van der Waals surface area contributed by atoms with Crippen molar-refractivity contribution in [2.75, 3.05) is 26.2 Å². The number of amides is 1. The Morgan fingerprint density at radius 2 is 1.87 bits per heavy atom. The number of nitriles is 1. The summed E-state index contributed by atoms with van der Waals surface area (Å²) in [5, 5.41) is 9.04. The molecule has 1 aromatic heterocycles. The minimum atomic E-state index is -3.66. The molecule has 0 bridgehead atoms. The summed E-state index contributed by atoms with van der Waals surface area (Å²) >= 11 is 0. The number of carbonyl (C=O) groups excluding carboxylic acids is 1. The van der Waals surface area contributed by atoms with Crippen molar-refractivity contribution in [1.29, 1.82) is 5.26 Å². The summed E-state index contributed by atoms with van der Waals surface area (Å²) in [4.78, 5) is 19.3. The van der Waals surface area contributed by atoms with E-state index in [1.165, 1.54) is 16.4 Å². The minimum absolute atomic E-state index is 0.0292. The van der Waals surface area contributed by atoms with E-state index in [0.29, 0.717) is 48.8 Å². The Hall–Kier alpha value is -2.70. The maximum atomic E-state index is 12.9. The van der Waals surface area contributed by atoms with Crippen LogP contribution in [0.3, 0.4) is 0 Å². The van der Waals surface area contributed by atoms with Crippen molar-refractivity contribution in [1.82, 2.24) is 14.2 Å². The lowest BCUT2D eigenvalue weighted by molar-refractivity contribution is 0.0717. The summed E-state index contributed by atoms with van der Waals surface area (Å²) in [7, 11) is -3.66. The van der Waals surface area contributed by atoms with Crippen LogP contribution in [0.15, 0.2) is 33.6 Å². The molecule has 0 aliphatic carbocycles. The predicted octanol–water partition coefficient (Wildman–Crippen LogP) is 3.05. The van der Waals surface area contributed by atoms with Gasteiger partial charge in [-0.2, -0.15) is 9.57 Å². The molecule has 9 heteroatoms. The molecule has 2 fully saturated rings. The van der Waals surface area contributed by atoms with Crippen molar-refractivity contribution in [2.24, 2.45) is 0 Å². The second kappa shape index (κ2) is 8.81. The summed E-state index contributed by atoms with van der Waals surface area (Å²) in [5.41, 5.74) is 0.692. The van der Waals surface area contributed by atoms with Gasteiger partial charge in [-0.05, 0) is 57.2 Å². The number of nitrogens with zero attached hydrogens (tertiary/aromatic N) is 4. The number of carbonyl (C=O) groups is 1. The van der Waals surface area contributed by atoms with Crippen LogP contribution in [0.4, 0.5) is 0 Å². The van der Waals surface area contributed by atoms with E-state index in [2.05, 4.69) is 4.98 Å². The SMILES string of the molecule is Cc1oc(C2CCN(S(=O)(=O)c3cccc(C#N)c3)CC2)nc1C(=O)N1CCCCC1. The molecule has 0 atom stereocenters. The van der Waals surface area contributed by atoms with E-state index in [-0.39, 0.29) is 16.7 Å². The fourth-order valence-electron chi connectivity index (χ4n) is 4.26. The van der Waals surface area contributed by atoms with Crippen LogP contribution in [0, 0.1) is 18.3 Å². The molecule has 2 aliphatic heterocycles. The molecule has 4 rings (SSSR count). The fourth-order valence-corrected chi connectivity index (χ4v) is 5.77. The van der Waals surface area contributed by atoms with E-state index in [9.17, 15) is 13.2 Å². The van der Waals surface area contributed by atoms with Crippen LogP contribution in [0.5, 0.6) is 0 Å². The first-order chi connectivity index (χ1) is 14.9. The third-order valence-corrected chi connectivity index (χ3v) is 7.96. The first kappa shape index (κ1) is 21.5. The van der Waals surface area contributed by atoms with Crippen molar-refractivity contribution in [2.45, 2.75) is 49.8 Å². The zero-order chi connectivity index (χ0) is 22.0.